The van der Waals surface area contributed by atoms with E-state index in [0.717, 1.165) is 30.9 Å². The number of likely N-dealkylation sites (N-methyl/N-ethyl adjacent to an activating group) is 1. The zero-order valence-corrected chi connectivity index (χ0v) is 14.6. The molecule has 4 rings (SSSR count). The Balaban J connectivity index is 1.38. The molecule has 25 heavy (non-hydrogen) atoms. The first kappa shape index (κ1) is 16.1. The van der Waals surface area contributed by atoms with Crippen molar-refractivity contribution in [2.24, 2.45) is 7.05 Å². The van der Waals surface area contributed by atoms with Crippen LogP contribution in [-0.4, -0.2) is 62.2 Å². The molecule has 1 N–H and O–H groups in total. The summed E-state index contributed by atoms with van der Waals surface area (Å²) in [7, 11) is 3.93. The smallest absolute Gasteiger partial charge is 0.317 e. The molecular weight excluding hydrogens is 322 g/mol. The van der Waals surface area contributed by atoms with Crippen LogP contribution >= 0.6 is 0 Å². The fourth-order valence-corrected chi connectivity index (χ4v) is 3.05. The number of aryl methyl sites for hydroxylation is 1. The molecule has 0 spiro atoms. The minimum Gasteiger partial charge on any atom is -0.338 e. The van der Waals surface area contributed by atoms with Gasteiger partial charge in [-0.2, -0.15) is 4.98 Å². The molecule has 2 aromatic heterocycles. The van der Waals surface area contributed by atoms with Crippen LogP contribution in [0.1, 0.15) is 42.2 Å². The first-order valence-electron chi connectivity index (χ1n) is 8.63. The largest absolute Gasteiger partial charge is 0.338 e. The van der Waals surface area contributed by atoms with Crippen LogP contribution in [0.5, 0.6) is 0 Å². The normalized spacial score (nSPS) is 21.5. The van der Waals surface area contributed by atoms with Gasteiger partial charge in [0.25, 0.3) is 0 Å². The zero-order chi connectivity index (χ0) is 17.4. The van der Waals surface area contributed by atoms with E-state index in [-0.39, 0.29) is 12.1 Å². The Morgan fingerprint density at radius 3 is 2.92 bits per heavy atom. The molecule has 9 nitrogen and oxygen atoms in total. The third-order valence-electron chi connectivity index (χ3n) is 4.96. The van der Waals surface area contributed by atoms with Gasteiger partial charge in [-0.3, -0.25) is 4.90 Å². The summed E-state index contributed by atoms with van der Waals surface area (Å²) in [6.45, 7) is 2.44. The molecule has 2 aliphatic rings. The molecule has 9 heteroatoms. The predicted molar refractivity (Wildman–Crippen MR) is 88.7 cm³/mol. The second-order valence-corrected chi connectivity index (χ2v) is 6.86. The lowest BCUT2D eigenvalue weighted by Gasteiger charge is -2.37. The average Bonchev–Trinajstić information content (AvgIpc) is 3.20. The van der Waals surface area contributed by atoms with Crippen molar-refractivity contribution < 1.29 is 9.32 Å². The number of hydrogen-bond donors (Lipinski definition) is 1. The number of imidazole rings is 1. The molecule has 1 aliphatic carbocycles. The molecule has 1 saturated carbocycles. The summed E-state index contributed by atoms with van der Waals surface area (Å²) in [6, 6.07) is -0.141. The molecule has 1 unspecified atom stereocenters. The van der Waals surface area contributed by atoms with Crippen LogP contribution in [0.3, 0.4) is 0 Å². The van der Waals surface area contributed by atoms with E-state index in [9.17, 15) is 4.79 Å². The number of hydrogen-bond acceptors (Lipinski definition) is 6. The lowest BCUT2D eigenvalue weighted by atomic mass is 10.2. The van der Waals surface area contributed by atoms with Gasteiger partial charge in [-0.1, -0.05) is 5.16 Å². The Morgan fingerprint density at radius 1 is 1.36 bits per heavy atom. The summed E-state index contributed by atoms with van der Waals surface area (Å²) in [5, 5.41) is 7.05. The predicted octanol–water partition coefficient (Wildman–Crippen LogP) is 0.879. The molecule has 0 bridgehead atoms. The number of nitrogens with zero attached hydrogens (tertiary/aromatic N) is 6. The summed E-state index contributed by atoms with van der Waals surface area (Å²) in [5.74, 6) is 1.87. The number of carbonyl (C=O) groups excluding carboxylic acids is 1. The highest BCUT2D eigenvalue weighted by molar-refractivity contribution is 5.74. The molecule has 0 radical (unpaired) electrons. The lowest BCUT2D eigenvalue weighted by molar-refractivity contribution is 0.0910. The van der Waals surface area contributed by atoms with Crippen LogP contribution in [0.25, 0.3) is 0 Å². The van der Waals surface area contributed by atoms with E-state index in [1.165, 1.54) is 0 Å². The maximum Gasteiger partial charge on any atom is 0.317 e. The first-order chi connectivity index (χ1) is 12.1. The van der Waals surface area contributed by atoms with Crippen LogP contribution < -0.4 is 5.32 Å². The summed E-state index contributed by atoms with van der Waals surface area (Å²) >= 11 is 0. The Kier molecular flexibility index (Phi) is 4.16. The van der Waals surface area contributed by atoms with Crippen LogP contribution in [0.4, 0.5) is 4.79 Å². The van der Waals surface area contributed by atoms with Gasteiger partial charge in [-0.15, -0.1) is 0 Å². The topological polar surface area (TPSA) is 92.3 Å². The van der Waals surface area contributed by atoms with Gasteiger partial charge in [0, 0.05) is 38.8 Å². The van der Waals surface area contributed by atoms with Gasteiger partial charge in [0.05, 0.1) is 18.6 Å². The standard InChI is InChI=1S/C16H23N7O2/c1-21-5-6-23(16(24)18-8-12-7-17-10-22(12)2)9-13(21)15-19-14(20-25-15)11-3-4-11/h7,10-11,13H,3-6,8-9H2,1-2H3,(H,18,24). The first-order valence-corrected chi connectivity index (χ1v) is 8.63. The highest BCUT2D eigenvalue weighted by Gasteiger charge is 2.35. The minimum absolute atomic E-state index is 0.0591. The number of nitrogens with one attached hydrogen (secondary N) is 1. The summed E-state index contributed by atoms with van der Waals surface area (Å²) in [6.07, 6.45) is 5.76. The van der Waals surface area contributed by atoms with Crippen LogP contribution in [0.2, 0.25) is 0 Å². The van der Waals surface area contributed by atoms with Crippen molar-refractivity contribution in [3.05, 3.63) is 29.9 Å². The molecule has 1 saturated heterocycles. The van der Waals surface area contributed by atoms with Gasteiger partial charge in [0.2, 0.25) is 5.89 Å². The fraction of sp³-hybridized carbons (Fsp3) is 0.625. The fourth-order valence-electron chi connectivity index (χ4n) is 3.05. The number of amides is 2. The Morgan fingerprint density at radius 2 is 2.20 bits per heavy atom. The maximum atomic E-state index is 12.5. The second kappa shape index (κ2) is 6.47. The quantitative estimate of drug-likeness (QED) is 0.884. The van der Waals surface area contributed by atoms with E-state index < -0.39 is 0 Å². The van der Waals surface area contributed by atoms with Crippen molar-refractivity contribution in [3.63, 3.8) is 0 Å². The molecule has 2 fully saturated rings. The average molecular weight is 345 g/mol. The Bertz CT molecular complexity index is 751. The molecule has 134 valence electrons. The van der Waals surface area contributed by atoms with Crippen molar-refractivity contribution in [2.45, 2.75) is 31.3 Å². The molecule has 2 aromatic rings. The van der Waals surface area contributed by atoms with Gasteiger partial charge in [-0.25, -0.2) is 9.78 Å². The maximum absolute atomic E-state index is 12.5. The van der Waals surface area contributed by atoms with E-state index in [2.05, 4.69) is 25.3 Å². The minimum atomic E-state index is -0.0822. The third kappa shape index (κ3) is 3.37. The highest BCUT2D eigenvalue weighted by Crippen LogP contribution is 2.38. The van der Waals surface area contributed by atoms with Gasteiger partial charge in [-0.05, 0) is 19.9 Å². The van der Waals surface area contributed by atoms with Crippen LogP contribution in [0, 0.1) is 0 Å². The van der Waals surface area contributed by atoms with Gasteiger partial charge >= 0.3 is 6.03 Å². The number of piperazine rings is 1. The van der Waals surface area contributed by atoms with E-state index >= 15 is 0 Å². The molecular formula is C16H23N7O2. The van der Waals surface area contributed by atoms with Crippen molar-refractivity contribution in [3.8, 4) is 0 Å². The summed E-state index contributed by atoms with van der Waals surface area (Å²) < 4.78 is 7.36. The van der Waals surface area contributed by atoms with Gasteiger partial charge in [0.15, 0.2) is 5.82 Å². The molecule has 1 aliphatic heterocycles. The second-order valence-electron chi connectivity index (χ2n) is 6.86. The third-order valence-corrected chi connectivity index (χ3v) is 4.96. The van der Waals surface area contributed by atoms with Gasteiger partial charge in [0.1, 0.15) is 6.04 Å². The van der Waals surface area contributed by atoms with E-state index in [4.69, 9.17) is 4.52 Å². The molecule has 1 atom stereocenters. The van der Waals surface area contributed by atoms with Crippen molar-refractivity contribution in [1.29, 1.82) is 0 Å². The van der Waals surface area contributed by atoms with Crippen molar-refractivity contribution in [1.82, 2.24) is 34.8 Å². The highest BCUT2D eigenvalue weighted by atomic mass is 16.5. The molecule has 2 amide bonds. The van der Waals surface area contributed by atoms with E-state index in [1.54, 1.807) is 12.5 Å². The zero-order valence-electron chi connectivity index (χ0n) is 14.6. The molecule has 3 heterocycles. The van der Waals surface area contributed by atoms with Crippen LogP contribution in [-0.2, 0) is 13.6 Å². The number of aromatic nitrogens is 4. The number of urea groups is 1. The number of rotatable bonds is 4. The van der Waals surface area contributed by atoms with Gasteiger partial charge < -0.3 is 19.3 Å². The summed E-state index contributed by atoms with van der Waals surface area (Å²) in [5.41, 5.74) is 0.963. The Hall–Kier alpha value is -2.42. The Labute approximate surface area is 146 Å². The monoisotopic (exact) mass is 345 g/mol. The lowest BCUT2D eigenvalue weighted by Crippen LogP contribution is -2.52. The SMILES string of the molecule is CN1CCN(C(=O)NCc2cncn2C)CC1c1nc(C2CC2)no1. The van der Waals surface area contributed by atoms with Crippen LogP contribution in [0.15, 0.2) is 17.0 Å². The summed E-state index contributed by atoms with van der Waals surface area (Å²) in [4.78, 5) is 25.1. The van der Waals surface area contributed by atoms with E-state index in [1.807, 2.05) is 23.6 Å². The number of carbonyl (C=O) groups is 1. The van der Waals surface area contributed by atoms with Crippen molar-refractivity contribution >= 4 is 6.03 Å². The molecule has 0 aromatic carbocycles. The van der Waals surface area contributed by atoms with E-state index in [0.29, 0.717) is 31.4 Å². The van der Waals surface area contributed by atoms with Crippen molar-refractivity contribution in [2.75, 3.05) is 26.7 Å².